The van der Waals surface area contributed by atoms with Gasteiger partial charge in [0.1, 0.15) is 0 Å². The molecule has 1 amide bonds. The minimum Gasteiger partial charge on any atom is -0.465 e. The van der Waals surface area contributed by atoms with Crippen molar-refractivity contribution in [2.45, 2.75) is 81.7 Å². The number of nitrogens with two attached hydrogens (primary N) is 1. The highest BCUT2D eigenvalue weighted by Crippen LogP contribution is 2.38. The van der Waals surface area contributed by atoms with Crippen molar-refractivity contribution in [2.24, 2.45) is 17.1 Å². The number of fused-ring (bicyclic) bond motifs is 2. The monoisotopic (exact) mass is 661 g/mol. The fraction of sp³-hybridized carbons (Fsp3) is 0.606. The second kappa shape index (κ2) is 14.9. The molecule has 5 rings (SSSR count). The maximum absolute atomic E-state index is 14.3. The third kappa shape index (κ3) is 7.95. The minimum absolute atomic E-state index is 0.00105. The summed E-state index contributed by atoms with van der Waals surface area (Å²) in [6.45, 7) is 5.00. The SMILES string of the molecule is CC(C)(CCCCCN)CN(C[C@@H](O)[C@H](Cc1ccccc1)N(C(=O)O)[C@H]1CO[C@H]2OCC[C@H]21)S(=O)(=O)c1ccc2c(c1)OCO2. The first-order chi connectivity index (χ1) is 22.0. The zero-order valence-electron chi connectivity index (χ0n) is 26.6. The highest BCUT2D eigenvalue weighted by molar-refractivity contribution is 7.89. The first kappa shape index (κ1) is 34.4. The van der Waals surface area contributed by atoms with Gasteiger partial charge in [0.2, 0.25) is 16.8 Å². The lowest BCUT2D eigenvalue weighted by atomic mass is 9.86. The van der Waals surface area contributed by atoms with Crippen molar-refractivity contribution in [3.63, 3.8) is 0 Å². The molecule has 0 spiro atoms. The number of nitrogens with zero attached hydrogens (tertiary/aromatic N) is 2. The Bertz CT molecular complexity index is 1420. The van der Waals surface area contributed by atoms with Crippen LogP contribution in [0.1, 0.15) is 51.5 Å². The van der Waals surface area contributed by atoms with Crippen LogP contribution in [0.15, 0.2) is 53.4 Å². The van der Waals surface area contributed by atoms with Crippen LogP contribution in [0.25, 0.3) is 0 Å². The zero-order chi connectivity index (χ0) is 32.9. The van der Waals surface area contributed by atoms with Crippen LogP contribution >= 0.6 is 0 Å². The number of ether oxygens (including phenoxy) is 4. The van der Waals surface area contributed by atoms with Crippen molar-refractivity contribution in [1.82, 2.24) is 9.21 Å². The Labute approximate surface area is 271 Å². The van der Waals surface area contributed by atoms with Crippen LogP contribution in [0.2, 0.25) is 0 Å². The molecule has 13 heteroatoms. The van der Waals surface area contributed by atoms with E-state index in [4.69, 9.17) is 24.7 Å². The Balaban J connectivity index is 1.47. The smallest absolute Gasteiger partial charge is 0.407 e. The van der Waals surface area contributed by atoms with E-state index < -0.39 is 46.0 Å². The van der Waals surface area contributed by atoms with Crippen molar-refractivity contribution >= 4 is 16.1 Å². The van der Waals surface area contributed by atoms with Gasteiger partial charge in [0.05, 0.1) is 36.3 Å². The van der Waals surface area contributed by atoms with Crippen molar-refractivity contribution in [3.8, 4) is 11.5 Å². The maximum atomic E-state index is 14.3. The molecule has 3 aliphatic heterocycles. The van der Waals surface area contributed by atoms with Crippen LogP contribution in [-0.4, -0.2) is 98.0 Å². The lowest BCUT2D eigenvalue weighted by Gasteiger charge is -2.40. The van der Waals surface area contributed by atoms with Gasteiger partial charge in [0, 0.05) is 25.1 Å². The third-order valence-electron chi connectivity index (χ3n) is 9.21. The molecule has 0 bridgehead atoms. The van der Waals surface area contributed by atoms with Crippen molar-refractivity contribution < 1.29 is 42.4 Å². The summed E-state index contributed by atoms with van der Waals surface area (Å²) in [6, 6.07) is 12.3. The third-order valence-corrected chi connectivity index (χ3v) is 11.0. The van der Waals surface area contributed by atoms with E-state index in [1.807, 2.05) is 44.2 Å². The Morgan fingerprint density at radius 1 is 1.07 bits per heavy atom. The summed E-state index contributed by atoms with van der Waals surface area (Å²) in [5, 5.41) is 22.6. The first-order valence-electron chi connectivity index (χ1n) is 16.1. The molecule has 2 aromatic rings. The summed E-state index contributed by atoms with van der Waals surface area (Å²) >= 11 is 0. The summed E-state index contributed by atoms with van der Waals surface area (Å²) in [7, 11) is -4.16. The van der Waals surface area contributed by atoms with Gasteiger partial charge < -0.3 is 34.9 Å². The molecule has 2 fully saturated rings. The Morgan fingerprint density at radius 3 is 2.57 bits per heavy atom. The molecule has 2 saturated heterocycles. The van der Waals surface area contributed by atoms with Gasteiger partial charge in [-0.15, -0.1) is 0 Å². The van der Waals surface area contributed by atoms with Crippen molar-refractivity contribution in [3.05, 3.63) is 54.1 Å². The van der Waals surface area contributed by atoms with Crippen LogP contribution < -0.4 is 15.2 Å². The summed E-state index contributed by atoms with van der Waals surface area (Å²) < 4.78 is 52.3. The van der Waals surface area contributed by atoms with Crippen LogP contribution in [0.4, 0.5) is 4.79 Å². The fourth-order valence-electron chi connectivity index (χ4n) is 6.78. The van der Waals surface area contributed by atoms with E-state index in [0.717, 1.165) is 31.2 Å². The van der Waals surface area contributed by atoms with Crippen LogP contribution in [-0.2, 0) is 25.9 Å². The summed E-state index contributed by atoms with van der Waals surface area (Å²) in [5.41, 5.74) is 6.05. The first-order valence-corrected chi connectivity index (χ1v) is 17.5. The molecule has 0 radical (unpaired) electrons. The van der Waals surface area contributed by atoms with Crippen LogP contribution in [0, 0.1) is 11.3 Å². The average Bonchev–Trinajstić information content (AvgIpc) is 3.77. The molecular formula is C33H47N3O9S. The highest BCUT2D eigenvalue weighted by Gasteiger charge is 2.49. The van der Waals surface area contributed by atoms with Crippen molar-refractivity contribution in [1.29, 1.82) is 0 Å². The van der Waals surface area contributed by atoms with Crippen molar-refractivity contribution in [2.75, 3.05) is 39.6 Å². The number of carboxylic acid groups (broad SMARTS) is 1. The van der Waals surface area contributed by atoms with Gasteiger partial charge in [-0.25, -0.2) is 13.2 Å². The topological polar surface area (TPSA) is 161 Å². The molecule has 12 nitrogen and oxygen atoms in total. The largest absolute Gasteiger partial charge is 0.465 e. The average molecular weight is 662 g/mol. The Hall–Kier alpha value is -2.94. The predicted molar refractivity (Wildman–Crippen MR) is 170 cm³/mol. The summed E-state index contributed by atoms with van der Waals surface area (Å²) in [5.74, 6) is 0.609. The van der Waals surface area contributed by atoms with Crippen LogP contribution in [0.5, 0.6) is 11.5 Å². The van der Waals surface area contributed by atoms with E-state index >= 15 is 0 Å². The summed E-state index contributed by atoms with van der Waals surface area (Å²) in [4.78, 5) is 14.3. The molecule has 254 valence electrons. The van der Waals surface area contributed by atoms with Gasteiger partial charge in [-0.1, -0.05) is 57.0 Å². The molecule has 0 aromatic heterocycles. The Kier molecular flexibility index (Phi) is 11.1. The number of hydrogen-bond acceptors (Lipinski definition) is 9. The minimum atomic E-state index is -4.16. The van der Waals surface area contributed by atoms with Gasteiger partial charge in [0.25, 0.3) is 0 Å². The molecule has 3 aliphatic rings. The molecule has 5 atom stereocenters. The quantitative estimate of drug-likeness (QED) is 0.227. The van der Waals surface area contributed by atoms with Gasteiger partial charge in [-0.05, 0) is 55.3 Å². The normalized spacial score (nSPS) is 22.2. The lowest BCUT2D eigenvalue weighted by molar-refractivity contribution is -0.0906. The van der Waals surface area contributed by atoms with E-state index in [0.29, 0.717) is 31.1 Å². The Morgan fingerprint density at radius 2 is 1.83 bits per heavy atom. The molecule has 3 heterocycles. The standard InChI is InChI=1S/C33H47N3O9S/c1-33(2,14-7-4-8-15-34)21-35(46(40,41)24-11-12-29-30(18-24)45-22-44-29)19-28(37)26(17-23-9-5-3-6-10-23)36(32(38)39)27-20-43-31-25(27)13-16-42-31/h3,5-6,9-12,18,25-28,31,37H,4,7-8,13-17,19-22,34H2,1-2H3,(H,38,39)/t25-,26-,27-,28+,31+/m0/s1. The number of rotatable bonds is 16. The van der Waals surface area contributed by atoms with Gasteiger partial charge >= 0.3 is 6.09 Å². The molecule has 46 heavy (non-hydrogen) atoms. The number of amides is 1. The van der Waals surface area contributed by atoms with E-state index in [1.54, 1.807) is 6.07 Å². The van der Waals surface area contributed by atoms with E-state index in [9.17, 15) is 23.4 Å². The number of sulfonamides is 1. The number of aliphatic hydroxyl groups excluding tert-OH is 1. The number of hydrogen-bond donors (Lipinski definition) is 3. The van der Waals surface area contributed by atoms with Crippen LogP contribution in [0.3, 0.4) is 0 Å². The lowest BCUT2D eigenvalue weighted by Crippen LogP contribution is -2.58. The molecule has 0 saturated carbocycles. The van der Waals surface area contributed by atoms with E-state index in [2.05, 4.69) is 0 Å². The summed E-state index contributed by atoms with van der Waals surface area (Å²) in [6.07, 6.45) is 1.19. The van der Waals surface area contributed by atoms with Gasteiger partial charge in [-0.2, -0.15) is 4.31 Å². The number of aliphatic hydroxyl groups is 1. The zero-order valence-corrected chi connectivity index (χ0v) is 27.4. The molecule has 2 aromatic carbocycles. The van der Waals surface area contributed by atoms with E-state index in [1.165, 1.54) is 21.3 Å². The number of unbranched alkanes of at least 4 members (excludes halogenated alkanes) is 2. The van der Waals surface area contributed by atoms with Gasteiger partial charge in [0.15, 0.2) is 17.8 Å². The molecule has 0 unspecified atom stereocenters. The highest BCUT2D eigenvalue weighted by atomic mass is 32.2. The molecular weight excluding hydrogens is 614 g/mol. The number of carbonyl (C=O) groups is 1. The second-order valence-electron chi connectivity index (χ2n) is 13.2. The maximum Gasteiger partial charge on any atom is 0.407 e. The number of benzene rings is 2. The molecule has 0 aliphatic carbocycles. The van der Waals surface area contributed by atoms with E-state index in [-0.39, 0.29) is 43.7 Å². The van der Waals surface area contributed by atoms with Gasteiger partial charge in [-0.3, -0.25) is 4.90 Å². The second-order valence-corrected chi connectivity index (χ2v) is 15.1. The molecule has 4 N–H and O–H groups in total. The fourth-order valence-corrected chi connectivity index (χ4v) is 8.44. The predicted octanol–water partition coefficient (Wildman–Crippen LogP) is 3.66.